The largest absolute Gasteiger partial charge is 0.379 e. The van der Waals surface area contributed by atoms with E-state index >= 15 is 0 Å². The van der Waals surface area contributed by atoms with Gasteiger partial charge in [-0.05, 0) is 43.9 Å². The number of benzene rings is 1. The van der Waals surface area contributed by atoms with Gasteiger partial charge in [0.25, 0.3) is 0 Å². The SMILES string of the molecule is COC1CN(c2ccc(C)cc2CCN)CCC1C. The molecule has 3 nitrogen and oxygen atoms in total. The summed E-state index contributed by atoms with van der Waals surface area (Å²) in [6.45, 7) is 7.22. The molecule has 0 amide bonds. The monoisotopic (exact) mass is 262 g/mol. The molecule has 1 aliphatic heterocycles. The molecule has 0 spiro atoms. The van der Waals surface area contributed by atoms with Crippen LogP contribution in [0.4, 0.5) is 5.69 Å². The molecule has 0 aromatic heterocycles. The first-order chi connectivity index (χ1) is 9.15. The average molecular weight is 262 g/mol. The van der Waals surface area contributed by atoms with E-state index in [0.717, 1.165) is 19.5 Å². The highest BCUT2D eigenvalue weighted by atomic mass is 16.5. The number of hydrogen-bond donors (Lipinski definition) is 1. The van der Waals surface area contributed by atoms with E-state index in [-0.39, 0.29) is 0 Å². The molecule has 19 heavy (non-hydrogen) atoms. The Hall–Kier alpha value is -1.06. The second-order valence-corrected chi connectivity index (χ2v) is 5.66. The van der Waals surface area contributed by atoms with Crippen LogP contribution in [0.3, 0.4) is 0 Å². The van der Waals surface area contributed by atoms with Gasteiger partial charge in [-0.15, -0.1) is 0 Å². The lowest BCUT2D eigenvalue weighted by Crippen LogP contribution is -2.44. The van der Waals surface area contributed by atoms with Crippen molar-refractivity contribution < 1.29 is 4.74 Å². The first-order valence-electron chi connectivity index (χ1n) is 7.23. The second kappa shape index (κ2) is 6.40. The molecular weight excluding hydrogens is 236 g/mol. The molecule has 1 fully saturated rings. The zero-order chi connectivity index (χ0) is 13.8. The summed E-state index contributed by atoms with van der Waals surface area (Å²) < 4.78 is 5.61. The summed E-state index contributed by atoms with van der Waals surface area (Å²) in [6, 6.07) is 6.69. The molecule has 2 atom stereocenters. The number of methoxy groups -OCH3 is 1. The molecular formula is C16H26N2O. The van der Waals surface area contributed by atoms with Gasteiger partial charge in [0.2, 0.25) is 0 Å². The Morgan fingerprint density at radius 1 is 1.42 bits per heavy atom. The van der Waals surface area contributed by atoms with Gasteiger partial charge >= 0.3 is 0 Å². The van der Waals surface area contributed by atoms with Crippen LogP contribution in [0.25, 0.3) is 0 Å². The highest BCUT2D eigenvalue weighted by Gasteiger charge is 2.26. The molecule has 1 heterocycles. The Balaban J connectivity index is 2.21. The molecule has 106 valence electrons. The average Bonchev–Trinajstić information content (AvgIpc) is 2.40. The zero-order valence-corrected chi connectivity index (χ0v) is 12.4. The number of nitrogens with two attached hydrogens (primary N) is 1. The molecule has 3 heteroatoms. The first-order valence-corrected chi connectivity index (χ1v) is 7.23. The molecule has 0 radical (unpaired) electrons. The third-order valence-electron chi connectivity index (χ3n) is 4.18. The van der Waals surface area contributed by atoms with Crippen LogP contribution in [0.15, 0.2) is 18.2 Å². The fraction of sp³-hybridized carbons (Fsp3) is 0.625. The van der Waals surface area contributed by atoms with Crippen molar-refractivity contribution in [2.75, 3.05) is 31.6 Å². The normalized spacial score (nSPS) is 23.7. The summed E-state index contributed by atoms with van der Waals surface area (Å²) in [5, 5.41) is 0. The lowest BCUT2D eigenvalue weighted by Gasteiger charge is -2.38. The fourth-order valence-electron chi connectivity index (χ4n) is 2.94. The highest BCUT2D eigenvalue weighted by Crippen LogP contribution is 2.28. The van der Waals surface area contributed by atoms with Crippen molar-refractivity contribution in [3.63, 3.8) is 0 Å². The van der Waals surface area contributed by atoms with E-state index in [9.17, 15) is 0 Å². The van der Waals surface area contributed by atoms with Gasteiger partial charge in [0.15, 0.2) is 0 Å². The topological polar surface area (TPSA) is 38.5 Å². The molecule has 1 saturated heterocycles. The van der Waals surface area contributed by atoms with E-state index in [1.165, 1.54) is 23.2 Å². The minimum atomic E-state index is 0.334. The molecule has 0 aliphatic carbocycles. The van der Waals surface area contributed by atoms with E-state index < -0.39 is 0 Å². The minimum absolute atomic E-state index is 0.334. The standard InChI is InChI=1S/C16H26N2O/c1-12-4-5-15(14(10-12)6-8-17)18-9-7-13(2)16(11-18)19-3/h4-5,10,13,16H,6-9,11,17H2,1-3H3. The molecule has 0 saturated carbocycles. The Labute approximate surface area is 116 Å². The van der Waals surface area contributed by atoms with Crippen LogP contribution < -0.4 is 10.6 Å². The second-order valence-electron chi connectivity index (χ2n) is 5.66. The number of piperidine rings is 1. The van der Waals surface area contributed by atoms with Gasteiger partial charge in [-0.1, -0.05) is 24.6 Å². The maximum Gasteiger partial charge on any atom is 0.0772 e. The number of aryl methyl sites for hydroxylation is 1. The van der Waals surface area contributed by atoms with Crippen molar-refractivity contribution in [2.45, 2.75) is 32.8 Å². The van der Waals surface area contributed by atoms with Crippen molar-refractivity contribution in [2.24, 2.45) is 11.7 Å². The number of hydrogen-bond acceptors (Lipinski definition) is 3. The quantitative estimate of drug-likeness (QED) is 0.905. The zero-order valence-electron chi connectivity index (χ0n) is 12.4. The summed E-state index contributed by atoms with van der Waals surface area (Å²) in [5.41, 5.74) is 9.75. The maximum absolute atomic E-state index is 5.74. The Morgan fingerprint density at radius 3 is 2.89 bits per heavy atom. The molecule has 1 aromatic rings. The van der Waals surface area contributed by atoms with Crippen LogP contribution in [0, 0.1) is 12.8 Å². The molecule has 1 aliphatic rings. The van der Waals surface area contributed by atoms with Crippen molar-refractivity contribution in [1.29, 1.82) is 0 Å². The van der Waals surface area contributed by atoms with E-state index in [1.54, 1.807) is 0 Å². The summed E-state index contributed by atoms with van der Waals surface area (Å²) in [6.07, 6.45) is 2.47. The Kier molecular flexibility index (Phi) is 4.83. The lowest BCUT2D eigenvalue weighted by atomic mass is 9.94. The Morgan fingerprint density at radius 2 is 2.21 bits per heavy atom. The smallest absolute Gasteiger partial charge is 0.0772 e. The Bertz CT molecular complexity index is 419. The lowest BCUT2D eigenvalue weighted by molar-refractivity contribution is 0.0498. The van der Waals surface area contributed by atoms with Crippen molar-refractivity contribution >= 4 is 5.69 Å². The van der Waals surface area contributed by atoms with Crippen LogP contribution >= 0.6 is 0 Å². The third-order valence-corrected chi connectivity index (χ3v) is 4.18. The van der Waals surface area contributed by atoms with E-state index in [4.69, 9.17) is 10.5 Å². The summed E-state index contributed by atoms with van der Waals surface area (Å²) in [4.78, 5) is 2.46. The van der Waals surface area contributed by atoms with Crippen LogP contribution in [0.2, 0.25) is 0 Å². The minimum Gasteiger partial charge on any atom is -0.379 e. The van der Waals surface area contributed by atoms with E-state index in [0.29, 0.717) is 18.6 Å². The fourth-order valence-corrected chi connectivity index (χ4v) is 2.94. The molecule has 2 rings (SSSR count). The predicted molar refractivity (Wildman–Crippen MR) is 80.7 cm³/mol. The predicted octanol–water partition coefficient (Wildman–Crippen LogP) is 2.36. The molecule has 2 unspecified atom stereocenters. The summed E-state index contributed by atoms with van der Waals surface area (Å²) in [7, 11) is 1.82. The van der Waals surface area contributed by atoms with Crippen molar-refractivity contribution in [3.8, 4) is 0 Å². The number of ether oxygens (including phenoxy) is 1. The summed E-state index contributed by atoms with van der Waals surface area (Å²) in [5.74, 6) is 0.643. The highest BCUT2D eigenvalue weighted by molar-refractivity contribution is 5.55. The maximum atomic E-state index is 5.74. The van der Waals surface area contributed by atoms with Crippen molar-refractivity contribution in [3.05, 3.63) is 29.3 Å². The number of nitrogens with zero attached hydrogens (tertiary/aromatic N) is 1. The van der Waals surface area contributed by atoms with E-state index in [2.05, 4.69) is 36.9 Å². The summed E-state index contributed by atoms with van der Waals surface area (Å²) >= 11 is 0. The van der Waals surface area contributed by atoms with Gasteiger partial charge in [-0.25, -0.2) is 0 Å². The van der Waals surface area contributed by atoms with Crippen molar-refractivity contribution in [1.82, 2.24) is 0 Å². The number of rotatable bonds is 4. The van der Waals surface area contributed by atoms with Gasteiger partial charge in [0.05, 0.1) is 6.10 Å². The van der Waals surface area contributed by atoms with Crippen LogP contribution in [-0.4, -0.2) is 32.8 Å². The molecule has 2 N–H and O–H groups in total. The number of anilines is 1. The van der Waals surface area contributed by atoms with Crippen LogP contribution in [-0.2, 0) is 11.2 Å². The van der Waals surface area contributed by atoms with Gasteiger partial charge in [-0.3, -0.25) is 0 Å². The van der Waals surface area contributed by atoms with Crippen LogP contribution in [0.1, 0.15) is 24.5 Å². The van der Waals surface area contributed by atoms with Gasteiger partial charge < -0.3 is 15.4 Å². The van der Waals surface area contributed by atoms with Gasteiger partial charge in [0.1, 0.15) is 0 Å². The first kappa shape index (κ1) is 14.4. The van der Waals surface area contributed by atoms with E-state index in [1.807, 2.05) is 7.11 Å². The molecule has 0 bridgehead atoms. The van der Waals surface area contributed by atoms with Crippen LogP contribution in [0.5, 0.6) is 0 Å². The van der Waals surface area contributed by atoms with Gasteiger partial charge in [0, 0.05) is 25.9 Å². The van der Waals surface area contributed by atoms with Gasteiger partial charge in [-0.2, -0.15) is 0 Å². The third kappa shape index (κ3) is 3.28. The molecule has 1 aromatic carbocycles.